The number of amides is 3. The van der Waals surface area contributed by atoms with Gasteiger partial charge in [0.2, 0.25) is 0 Å². The van der Waals surface area contributed by atoms with E-state index in [1.165, 1.54) is 0 Å². The Labute approximate surface area is 135 Å². The highest BCUT2D eigenvalue weighted by Gasteiger charge is 2.50. The standard InChI is InChI=1S/C8H13N3O2.C4H3BrS2/c9-4-5-1-2-8(3-5)6(12)10-7(13)11-8;5-3-1-2-4(6)7-3/h5H,1-4,9H2,(H2,10,11,12,13);1-2,6H. The van der Waals surface area contributed by atoms with Crippen molar-refractivity contribution in [2.75, 3.05) is 6.54 Å². The number of halogens is 1. The second kappa shape index (κ2) is 6.46. The lowest BCUT2D eigenvalue weighted by Crippen LogP contribution is -2.44. The minimum absolute atomic E-state index is 0.187. The predicted octanol–water partition coefficient (Wildman–Crippen LogP) is 2.12. The Morgan fingerprint density at radius 1 is 1.50 bits per heavy atom. The van der Waals surface area contributed by atoms with E-state index >= 15 is 0 Å². The Morgan fingerprint density at radius 3 is 2.60 bits per heavy atom. The van der Waals surface area contributed by atoms with Gasteiger partial charge < -0.3 is 11.1 Å². The SMILES string of the molecule is NCC1CCC2(C1)NC(=O)NC2=O.Sc1ccc(Br)s1. The number of nitrogens with one attached hydrogen (secondary N) is 2. The summed E-state index contributed by atoms with van der Waals surface area (Å²) in [7, 11) is 0. The number of hydrogen-bond acceptors (Lipinski definition) is 5. The third-order valence-corrected chi connectivity index (χ3v) is 5.37. The van der Waals surface area contributed by atoms with Crippen LogP contribution in [0.25, 0.3) is 0 Å². The average Bonchev–Trinajstić information content (AvgIpc) is 3.04. The van der Waals surface area contributed by atoms with Gasteiger partial charge in [0, 0.05) is 0 Å². The minimum atomic E-state index is -0.638. The number of nitrogens with two attached hydrogens (primary N) is 1. The molecule has 110 valence electrons. The van der Waals surface area contributed by atoms with E-state index in [1.807, 2.05) is 12.1 Å². The maximum atomic E-state index is 11.4. The van der Waals surface area contributed by atoms with Crippen molar-refractivity contribution < 1.29 is 9.59 Å². The van der Waals surface area contributed by atoms with Crippen LogP contribution in [-0.2, 0) is 4.79 Å². The number of urea groups is 1. The van der Waals surface area contributed by atoms with Crippen molar-refractivity contribution in [1.82, 2.24) is 10.6 Å². The second-order valence-electron chi connectivity index (χ2n) is 4.91. The van der Waals surface area contributed by atoms with E-state index in [1.54, 1.807) is 11.3 Å². The molecule has 8 heteroatoms. The van der Waals surface area contributed by atoms with Gasteiger partial charge in [0.15, 0.2) is 0 Å². The van der Waals surface area contributed by atoms with Crippen molar-refractivity contribution in [3.63, 3.8) is 0 Å². The number of carbonyl (C=O) groups is 2. The van der Waals surface area contributed by atoms with Gasteiger partial charge in [-0.25, -0.2) is 4.79 Å². The van der Waals surface area contributed by atoms with Gasteiger partial charge in [-0.15, -0.1) is 24.0 Å². The zero-order chi connectivity index (χ0) is 14.8. The van der Waals surface area contributed by atoms with Gasteiger partial charge in [0.25, 0.3) is 5.91 Å². The first-order chi connectivity index (χ1) is 9.45. The molecule has 20 heavy (non-hydrogen) atoms. The molecule has 0 aromatic carbocycles. The molecule has 1 aliphatic carbocycles. The largest absolute Gasteiger partial charge is 0.330 e. The van der Waals surface area contributed by atoms with Crippen molar-refractivity contribution in [1.29, 1.82) is 0 Å². The van der Waals surface area contributed by atoms with Gasteiger partial charge in [-0.1, -0.05) is 0 Å². The average molecular weight is 378 g/mol. The molecule has 1 spiro atoms. The van der Waals surface area contributed by atoms with E-state index in [0.29, 0.717) is 25.3 Å². The molecule has 1 aromatic rings. The van der Waals surface area contributed by atoms with Gasteiger partial charge in [-0.05, 0) is 59.8 Å². The molecule has 3 rings (SSSR count). The predicted molar refractivity (Wildman–Crippen MR) is 85.1 cm³/mol. The fraction of sp³-hybridized carbons (Fsp3) is 0.500. The van der Waals surface area contributed by atoms with Crippen LogP contribution < -0.4 is 16.4 Å². The van der Waals surface area contributed by atoms with Crippen LogP contribution in [0.2, 0.25) is 0 Å². The lowest BCUT2D eigenvalue weighted by Gasteiger charge is -2.19. The van der Waals surface area contributed by atoms with Crippen molar-refractivity contribution in [2.24, 2.45) is 11.7 Å². The maximum Gasteiger partial charge on any atom is 0.322 e. The molecule has 1 aliphatic heterocycles. The molecule has 2 heterocycles. The molecule has 2 atom stereocenters. The number of thiophene rings is 1. The molecule has 2 fully saturated rings. The summed E-state index contributed by atoms with van der Waals surface area (Å²) in [4.78, 5) is 22.4. The number of carbonyl (C=O) groups excluding carboxylic acids is 2. The monoisotopic (exact) mass is 377 g/mol. The molecule has 1 saturated carbocycles. The lowest BCUT2D eigenvalue weighted by molar-refractivity contribution is -0.123. The molecule has 1 aromatic heterocycles. The van der Waals surface area contributed by atoms with Gasteiger partial charge in [0.1, 0.15) is 5.54 Å². The van der Waals surface area contributed by atoms with Gasteiger partial charge in [-0.2, -0.15) is 0 Å². The zero-order valence-electron chi connectivity index (χ0n) is 10.7. The van der Waals surface area contributed by atoms with E-state index in [2.05, 4.69) is 39.2 Å². The molecule has 0 bridgehead atoms. The van der Waals surface area contributed by atoms with Crippen molar-refractivity contribution in [2.45, 2.75) is 29.0 Å². The summed E-state index contributed by atoms with van der Waals surface area (Å²) in [5.74, 6) is 0.178. The van der Waals surface area contributed by atoms with Crippen molar-refractivity contribution in [3.8, 4) is 0 Å². The van der Waals surface area contributed by atoms with Crippen LogP contribution in [0.5, 0.6) is 0 Å². The topological polar surface area (TPSA) is 84.2 Å². The smallest absolute Gasteiger partial charge is 0.322 e. The molecule has 2 aliphatic rings. The van der Waals surface area contributed by atoms with Crippen molar-refractivity contribution >= 4 is 51.8 Å². The number of rotatable bonds is 1. The highest BCUT2D eigenvalue weighted by Crippen LogP contribution is 2.35. The molecular formula is C12H16BrN3O2S2. The van der Waals surface area contributed by atoms with Crippen LogP contribution in [0.15, 0.2) is 20.1 Å². The van der Waals surface area contributed by atoms with Crippen LogP contribution in [0.4, 0.5) is 4.79 Å². The van der Waals surface area contributed by atoms with E-state index in [4.69, 9.17) is 5.73 Å². The summed E-state index contributed by atoms with van der Waals surface area (Å²) in [6, 6.07) is 3.56. The third-order valence-electron chi connectivity index (χ3n) is 3.52. The first-order valence-corrected chi connectivity index (χ1v) is 8.29. The fourth-order valence-electron chi connectivity index (χ4n) is 2.50. The van der Waals surface area contributed by atoms with Crippen LogP contribution in [0.3, 0.4) is 0 Å². The Kier molecular flexibility index (Phi) is 5.11. The number of hydrogen-bond donors (Lipinski definition) is 4. The lowest BCUT2D eigenvalue weighted by atomic mass is 9.96. The normalized spacial score (nSPS) is 28.1. The summed E-state index contributed by atoms with van der Waals surface area (Å²) in [6.45, 7) is 0.588. The van der Waals surface area contributed by atoms with Gasteiger partial charge in [-0.3, -0.25) is 10.1 Å². The number of imide groups is 1. The van der Waals surface area contributed by atoms with Crippen LogP contribution in [-0.4, -0.2) is 24.0 Å². The van der Waals surface area contributed by atoms with E-state index in [-0.39, 0.29) is 11.9 Å². The van der Waals surface area contributed by atoms with E-state index < -0.39 is 5.54 Å². The first-order valence-electron chi connectivity index (χ1n) is 6.23. The molecule has 5 nitrogen and oxygen atoms in total. The van der Waals surface area contributed by atoms with Gasteiger partial charge >= 0.3 is 6.03 Å². The van der Waals surface area contributed by atoms with Crippen LogP contribution in [0, 0.1) is 5.92 Å². The first kappa shape index (κ1) is 15.8. The Balaban J connectivity index is 0.000000178. The van der Waals surface area contributed by atoms with Gasteiger partial charge in [0.05, 0.1) is 8.00 Å². The molecule has 0 radical (unpaired) electrons. The van der Waals surface area contributed by atoms with E-state index in [0.717, 1.165) is 14.4 Å². The Morgan fingerprint density at radius 2 is 2.25 bits per heavy atom. The highest BCUT2D eigenvalue weighted by atomic mass is 79.9. The number of thiol groups is 1. The summed E-state index contributed by atoms with van der Waals surface area (Å²) in [5, 5.41) is 4.95. The molecule has 4 N–H and O–H groups in total. The van der Waals surface area contributed by atoms with Crippen molar-refractivity contribution in [3.05, 3.63) is 15.9 Å². The fourth-order valence-corrected chi connectivity index (χ4v) is 4.37. The van der Waals surface area contributed by atoms with Crippen LogP contribution >= 0.6 is 39.9 Å². The quantitative estimate of drug-likeness (QED) is 0.446. The molecule has 3 amide bonds. The van der Waals surface area contributed by atoms with E-state index in [9.17, 15) is 9.59 Å². The maximum absolute atomic E-state index is 11.4. The molecular weight excluding hydrogens is 362 g/mol. The van der Waals surface area contributed by atoms with Crippen LogP contribution in [0.1, 0.15) is 19.3 Å². The zero-order valence-corrected chi connectivity index (χ0v) is 14.0. The molecule has 2 unspecified atom stereocenters. The minimum Gasteiger partial charge on any atom is -0.330 e. The molecule has 1 saturated heterocycles. The Hall–Kier alpha value is -0.570. The summed E-state index contributed by atoms with van der Waals surface area (Å²) in [5.41, 5.74) is 4.88. The summed E-state index contributed by atoms with van der Waals surface area (Å²) < 4.78 is 2.18. The Bertz CT molecular complexity index is 506. The third kappa shape index (κ3) is 3.55. The highest BCUT2D eigenvalue weighted by molar-refractivity contribution is 9.11. The summed E-state index contributed by atoms with van der Waals surface area (Å²) in [6.07, 6.45) is 2.32. The summed E-state index contributed by atoms with van der Waals surface area (Å²) >= 11 is 9.02. The second-order valence-corrected chi connectivity index (χ2v) is 8.16.